The van der Waals surface area contributed by atoms with E-state index in [0.29, 0.717) is 0 Å². The molecular formula is C16H24N4S. The molecule has 5 heteroatoms. The van der Waals surface area contributed by atoms with Crippen molar-refractivity contribution in [1.82, 2.24) is 20.3 Å². The zero-order valence-corrected chi connectivity index (χ0v) is 14.3. The van der Waals surface area contributed by atoms with Crippen LogP contribution in [0.4, 0.5) is 0 Å². The number of hydrogen-bond donors (Lipinski definition) is 1. The van der Waals surface area contributed by atoms with Crippen LogP contribution in [0, 0.1) is 13.8 Å². The summed E-state index contributed by atoms with van der Waals surface area (Å²) in [5, 5.41) is 5.50. The van der Waals surface area contributed by atoms with Gasteiger partial charge in [0.15, 0.2) is 5.82 Å². The van der Waals surface area contributed by atoms with Crippen LogP contribution in [-0.2, 0) is 6.42 Å². The van der Waals surface area contributed by atoms with Crippen LogP contribution in [0.2, 0.25) is 0 Å². The van der Waals surface area contributed by atoms with E-state index in [1.54, 1.807) is 11.3 Å². The largest absolute Gasteiger partial charge is 0.312 e. The van der Waals surface area contributed by atoms with E-state index < -0.39 is 0 Å². The first-order valence-electron chi connectivity index (χ1n) is 7.34. The van der Waals surface area contributed by atoms with Gasteiger partial charge in [-0.25, -0.2) is 15.0 Å². The van der Waals surface area contributed by atoms with Crippen LogP contribution in [0.3, 0.4) is 0 Å². The Balaban J connectivity index is 2.04. The molecule has 0 fully saturated rings. The van der Waals surface area contributed by atoms with Gasteiger partial charge in [0, 0.05) is 22.3 Å². The van der Waals surface area contributed by atoms with Crippen molar-refractivity contribution in [3.8, 4) is 11.5 Å². The van der Waals surface area contributed by atoms with Crippen LogP contribution in [0.1, 0.15) is 44.1 Å². The number of thiazole rings is 1. The summed E-state index contributed by atoms with van der Waals surface area (Å²) in [6, 6.07) is 0. The summed E-state index contributed by atoms with van der Waals surface area (Å²) in [7, 11) is 0. The predicted molar refractivity (Wildman–Crippen MR) is 88.7 cm³/mol. The van der Waals surface area contributed by atoms with Crippen LogP contribution < -0.4 is 5.32 Å². The van der Waals surface area contributed by atoms with Crippen molar-refractivity contribution in [3.63, 3.8) is 0 Å². The van der Waals surface area contributed by atoms with Crippen LogP contribution in [0.25, 0.3) is 11.5 Å². The Hall–Kier alpha value is -1.33. The summed E-state index contributed by atoms with van der Waals surface area (Å²) in [4.78, 5) is 13.5. The van der Waals surface area contributed by atoms with Gasteiger partial charge in [-0.3, -0.25) is 0 Å². The average Bonchev–Trinajstić information content (AvgIpc) is 2.89. The van der Waals surface area contributed by atoms with Gasteiger partial charge in [-0.15, -0.1) is 11.3 Å². The Morgan fingerprint density at radius 3 is 2.33 bits per heavy atom. The lowest BCUT2D eigenvalue weighted by atomic mass is 10.0. The highest BCUT2D eigenvalue weighted by atomic mass is 32.1. The molecule has 0 unspecified atom stereocenters. The summed E-state index contributed by atoms with van der Waals surface area (Å²) >= 11 is 1.57. The molecule has 4 nitrogen and oxygen atoms in total. The highest BCUT2D eigenvalue weighted by Gasteiger charge is 2.12. The molecule has 21 heavy (non-hydrogen) atoms. The Morgan fingerprint density at radius 1 is 1.14 bits per heavy atom. The van der Waals surface area contributed by atoms with Crippen LogP contribution in [0.15, 0.2) is 10.9 Å². The normalized spacial score (nSPS) is 11.9. The molecule has 0 saturated carbocycles. The van der Waals surface area contributed by atoms with E-state index in [1.165, 1.54) is 5.56 Å². The molecule has 0 aromatic carbocycles. The molecule has 2 aromatic heterocycles. The summed E-state index contributed by atoms with van der Waals surface area (Å²) in [5.41, 5.74) is 6.27. The fourth-order valence-corrected chi connectivity index (χ4v) is 2.80. The number of aryl methyl sites for hydroxylation is 2. The zero-order valence-electron chi connectivity index (χ0n) is 13.5. The van der Waals surface area contributed by atoms with Crippen molar-refractivity contribution in [2.75, 3.05) is 6.54 Å². The first-order chi connectivity index (χ1) is 9.87. The minimum absolute atomic E-state index is 0.176. The average molecular weight is 304 g/mol. The van der Waals surface area contributed by atoms with E-state index in [1.807, 2.05) is 10.9 Å². The SMILES string of the molecule is Cc1nc(-c2cscn2)nc(C)c1CCCNC(C)(C)C. The smallest absolute Gasteiger partial charge is 0.179 e. The fraction of sp³-hybridized carbons (Fsp3) is 0.562. The molecule has 0 aliphatic rings. The molecule has 0 aliphatic heterocycles. The number of nitrogens with zero attached hydrogens (tertiary/aromatic N) is 3. The molecule has 2 heterocycles. The van der Waals surface area contributed by atoms with E-state index in [2.05, 4.69) is 54.9 Å². The van der Waals surface area contributed by atoms with E-state index in [-0.39, 0.29) is 5.54 Å². The van der Waals surface area contributed by atoms with Gasteiger partial charge in [-0.2, -0.15) is 0 Å². The lowest BCUT2D eigenvalue weighted by molar-refractivity contribution is 0.422. The maximum atomic E-state index is 4.62. The topological polar surface area (TPSA) is 50.7 Å². The molecule has 114 valence electrons. The van der Waals surface area contributed by atoms with Crippen molar-refractivity contribution in [3.05, 3.63) is 27.8 Å². The molecule has 0 saturated heterocycles. The number of hydrogen-bond acceptors (Lipinski definition) is 5. The molecule has 0 radical (unpaired) electrons. The molecule has 0 bridgehead atoms. The van der Waals surface area contributed by atoms with E-state index >= 15 is 0 Å². The van der Waals surface area contributed by atoms with Crippen molar-refractivity contribution < 1.29 is 0 Å². The number of aromatic nitrogens is 3. The Kier molecular flexibility index (Phi) is 5.06. The second-order valence-corrected chi connectivity index (χ2v) is 7.07. The Labute approximate surface area is 131 Å². The zero-order chi connectivity index (χ0) is 15.5. The second kappa shape index (κ2) is 6.62. The summed E-state index contributed by atoms with van der Waals surface area (Å²) < 4.78 is 0. The van der Waals surface area contributed by atoms with E-state index in [4.69, 9.17) is 0 Å². The van der Waals surface area contributed by atoms with Crippen molar-refractivity contribution in [2.45, 2.75) is 53.0 Å². The maximum absolute atomic E-state index is 4.62. The third-order valence-corrected chi connectivity index (χ3v) is 3.93. The van der Waals surface area contributed by atoms with Crippen molar-refractivity contribution in [2.24, 2.45) is 0 Å². The van der Waals surface area contributed by atoms with Gasteiger partial charge < -0.3 is 5.32 Å². The quantitative estimate of drug-likeness (QED) is 0.858. The Bertz CT molecular complexity index is 562. The summed E-state index contributed by atoms with van der Waals surface area (Å²) in [5.74, 6) is 0.739. The third kappa shape index (κ3) is 4.58. The molecule has 2 aromatic rings. The van der Waals surface area contributed by atoms with Crippen LogP contribution in [0.5, 0.6) is 0 Å². The fourth-order valence-electron chi connectivity index (χ4n) is 2.27. The molecule has 2 rings (SSSR count). The first kappa shape index (κ1) is 16.0. The Morgan fingerprint density at radius 2 is 1.81 bits per heavy atom. The van der Waals surface area contributed by atoms with Crippen LogP contribution in [-0.4, -0.2) is 27.0 Å². The third-order valence-electron chi connectivity index (χ3n) is 3.34. The monoisotopic (exact) mass is 304 g/mol. The van der Waals surface area contributed by atoms with Gasteiger partial charge in [0.2, 0.25) is 0 Å². The number of nitrogens with one attached hydrogen (secondary N) is 1. The van der Waals surface area contributed by atoms with Gasteiger partial charge in [0.25, 0.3) is 0 Å². The number of rotatable bonds is 5. The molecule has 0 atom stereocenters. The summed E-state index contributed by atoms with van der Waals surface area (Å²) in [6.07, 6.45) is 2.11. The lowest BCUT2D eigenvalue weighted by Crippen LogP contribution is -2.36. The lowest BCUT2D eigenvalue weighted by Gasteiger charge is -2.20. The standard InChI is InChI=1S/C16H24N4S/c1-11-13(7-6-8-18-16(3,4)5)12(2)20-15(19-11)14-9-21-10-17-14/h9-10,18H,6-8H2,1-5H3. The van der Waals surface area contributed by atoms with E-state index in [0.717, 1.165) is 42.3 Å². The maximum Gasteiger partial charge on any atom is 0.179 e. The van der Waals surface area contributed by atoms with Gasteiger partial charge in [0.05, 0.1) is 5.51 Å². The minimum atomic E-state index is 0.176. The van der Waals surface area contributed by atoms with Crippen LogP contribution >= 0.6 is 11.3 Å². The minimum Gasteiger partial charge on any atom is -0.312 e. The molecule has 0 spiro atoms. The van der Waals surface area contributed by atoms with Gasteiger partial charge in [0.1, 0.15) is 5.69 Å². The molecule has 0 aliphatic carbocycles. The van der Waals surface area contributed by atoms with Gasteiger partial charge in [-0.05, 0) is 59.6 Å². The predicted octanol–water partition coefficient (Wildman–Crippen LogP) is 3.54. The van der Waals surface area contributed by atoms with Gasteiger partial charge in [-0.1, -0.05) is 0 Å². The molecular weight excluding hydrogens is 280 g/mol. The molecule has 1 N–H and O–H groups in total. The van der Waals surface area contributed by atoms with Gasteiger partial charge >= 0.3 is 0 Å². The second-order valence-electron chi connectivity index (χ2n) is 6.35. The molecule has 0 amide bonds. The van der Waals surface area contributed by atoms with Crippen molar-refractivity contribution >= 4 is 11.3 Å². The highest BCUT2D eigenvalue weighted by molar-refractivity contribution is 7.07. The first-order valence-corrected chi connectivity index (χ1v) is 8.29. The highest BCUT2D eigenvalue weighted by Crippen LogP contribution is 2.19. The van der Waals surface area contributed by atoms with E-state index in [9.17, 15) is 0 Å². The summed E-state index contributed by atoms with van der Waals surface area (Å²) in [6.45, 7) is 11.7. The van der Waals surface area contributed by atoms with Crippen molar-refractivity contribution in [1.29, 1.82) is 0 Å².